The van der Waals surface area contributed by atoms with Gasteiger partial charge in [-0.1, -0.05) is 0 Å². The van der Waals surface area contributed by atoms with Crippen molar-refractivity contribution in [3.63, 3.8) is 0 Å². The zero-order valence-corrected chi connectivity index (χ0v) is 15.6. The molecule has 27 heavy (non-hydrogen) atoms. The standard InChI is InChI=1S/C21H24N2O4/c1-11-16-9-23-6-5-13-15-7-12(24)3-4-18(15)22-20(13)19(23)8-14(16)17(10-27-11)21(25)26-2/h3-4,7,10-11,14,16,19,22,24H,5-6,8-9H2,1-2H3/t11-,14-,16+,19+/m0/s1. The highest BCUT2D eigenvalue weighted by molar-refractivity contribution is 5.89. The number of piperidine rings is 1. The third-order valence-corrected chi connectivity index (χ3v) is 6.62. The number of hydrogen-bond acceptors (Lipinski definition) is 5. The number of ether oxygens (including phenoxy) is 2. The highest BCUT2D eigenvalue weighted by Gasteiger charge is 2.46. The van der Waals surface area contributed by atoms with Crippen molar-refractivity contribution in [3.05, 3.63) is 41.3 Å². The number of esters is 1. The van der Waals surface area contributed by atoms with Crippen molar-refractivity contribution in [2.45, 2.75) is 31.9 Å². The molecule has 142 valence electrons. The molecule has 0 radical (unpaired) electrons. The van der Waals surface area contributed by atoms with Gasteiger partial charge < -0.3 is 19.6 Å². The van der Waals surface area contributed by atoms with Gasteiger partial charge in [0.15, 0.2) is 0 Å². The van der Waals surface area contributed by atoms with E-state index in [4.69, 9.17) is 9.47 Å². The van der Waals surface area contributed by atoms with Crippen LogP contribution < -0.4 is 0 Å². The van der Waals surface area contributed by atoms with Gasteiger partial charge in [0.05, 0.1) is 31.1 Å². The molecule has 6 nitrogen and oxygen atoms in total. The second-order valence-corrected chi connectivity index (χ2v) is 7.92. The number of nitrogens with one attached hydrogen (secondary N) is 1. The Balaban J connectivity index is 1.55. The molecule has 0 bridgehead atoms. The second kappa shape index (κ2) is 6.02. The topological polar surface area (TPSA) is 74.8 Å². The lowest BCUT2D eigenvalue weighted by Gasteiger charge is -2.49. The maximum Gasteiger partial charge on any atom is 0.337 e. The van der Waals surface area contributed by atoms with E-state index in [2.05, 4.69) is 16.8 Å². The Morgan fingerprint density at radius 1 is 1.41 bits per heavy atom. The van der Waals surface area contributed by atoms with Crippen LogP contribution in [0.4, 0.5) is 0 Å². The van der Waals surface area contributed by atoms with Gasteiger partial charge in [-0.15, -0.1) is 0 Å². The van der Waals surface area contributed by atoms with Gasteiger partial charge >= 0.3 is 5.97 Å². The number of methoxy groups -OCH3 is 1. The summed E-state index contributed by atoms with van der Waals surface area (Å²) in [5.41, 5.74) is 4.24. The fraction of sp³-hybridized carbons (Fsp3) is 0.476. The molecule has 4 heterocycles. The number of nitrogens with zero attached hydrogens (tertiary/aromatic N) is 1. The van der Waals surface area contributed by atoms with Crippen LogP contribution in [-0.2, 0) is 20.7 Å². The summed E-state index contributed by atoms with van der Waals surface area (Å²) in [6.45, 7) is 3.97. The van der Waals surface area contributed by atoms with Crippen molar-refractivity contribution in [3.8, 4) is 5.75 Å². The van der Waals surface area contributed by atoms with E-state index >= 15 is 0 Å². The van der Waals surface area contributed by atoms with E-state index in [0.717, 1.165) is 36.8 Å². The van der Waals surface area contributed by atoms with Crippen molar-refractivity contribution in [1.82, 2.24) is 9.88 Å². The number of H-pyrrole nitrogens is 1. The predicted molar refractivity (Wildman–Crippen MR) is 100 cm³/mol. The van der Waals surface area contributed by atoms with E-state index in [9.17, 15) is 9.90 Å². The van der Waals surface area contributed by atoms with Crippen LogP contribution in [0.25, 0.3) is 10.9 Å². The van der Waals surface area contributed by atoms with E-state index < -0.39 is 0 Å². The molecule has 0 unspecified atom stereocenters. The van der Waals surface area contributed by atoms with Crippen LogP contribution in [0.3, 0.4) is 0 Å². The van der Waals surface area contributed by atoms with Crippen LogP contribution >= 0.6 is 0 Å². The normalized spacial score (nSPS) is 29.9. The molecule has 6 heteroatoms. The van der Waals surface area contributed by atoms with Crippen molar-refractivity contribution in [2.75, 3.05) is 20.2 Å². The number of phenols is 1. The monoisotopic (exact) mass is 368 g/mol. The van der Waals surface area contributed by atoms with E-state index in [0.29, 0.717) is 11.3 Å². The molecule has 3 aliphatic rings. The van der Waals surface area contributed by atoms with Crippen molar-refractivity contribution in [1.29, 1.82) is 0 Å². The Kier molecular flexibility index (Phi) is 3.72. The molecule has 0 spiro atoms. The van der Waals surface area contributed by atoms with Gasteiger partial charge in [-0.25, -0.2) is 4.79 Å². The summed E-state index contributed by atoms with van der Waals surface area (Å²) in [7, 11) is 1.42. The van der Waals surface area contributed by atoms with Gasteiger partial charge in [-0.2, -0.15) is 0 Å². The molecular formula is C21H24N2O4. The first kappa shape index (κ1) is 16.7. The van der Waals surface area contributed by atoms with Gasteiger partial charge in [0, 0.05) is 41.5 Å². The van der Waals surface area contributed by atoms with Crippen LogP contribution in [0.5, 0.6) is 5.75 Å². The lowest BCUT2D eigenvalue weighted by Crippen LogP contribution is -2.51. The van der Waals surface area contributed by atoms with Crippen LogP contribution in [0, 0.1) is 11.8 Å². The lowest BCUT2D eigenvalue weighted by atomic mass is 9.72. The molecule has 1 aromatic carbocycles. The number of phenolic OH excluding ortho intramolecular Hbond substituents is 1. The largest absolute Gasteiger partial charge is 0.508 e. The van der Waals surface area contributed by atoms with Gasteiger partial charge in [-0.05, 0) is 43.5 Å². The molecular weight excluding hydrogens is 344 g/mol. The summed E-state index contributed by atoms with van der Waals surface area (Å²) in [6.07, 6.45) is 3.53. The third-order valence-electron chi connectivity index (χ3n) is 6.62. The molecule has 2 aromatic rings. The minimum Gasteiger partial charge on any atom is -0.508 e. The van der Waals surface area contributed by atoms with Crippen LogP contribution in [0.2, 0.25) is 0 Å². The Hall–Kier alpha value is -2.47. The Morgan fingerprint density at radius 2 is 2.26 bits per heavy atom. The molecule has 0 amide bonds. The number of benzene rings is 1. The molecule has 2 N–H and O–H groups in total. The lowest BCUT2D eigenvalue weighted by molar-refractivity contribution is -0.139. The average Bonchev–Trinajstić information content (AvgIpc) is 3.05. The smallest absolute Gasteiger partial charge is 0.337 e. The zero-order chi connectivity index (χ0) is 18.7. The van der Waals surface area contributed by atoms with Crippen molar-refractivity contribution >= 4 is 16.9 Å². The highest BCUT2D eigenvalue weighted by atomic mass is 16.5. The molecule has 4 atom stereocenters. The second-order valence-electron chi connectivity index (χ2n) is 7.92. The minimum absolute atomic E-state index is 0.0883. The number of aromatic hydroxyl groups is 1. The maximum atomic E-state index is 12.3. The van der Waals surface area contributed by atoms with Gasteiger partial charge in [0.25, 0.3) is 0 Å². The van der Waals surface area contributed by atoms with E-state index in [1.165, 1.54) is 18.4 Å². The summed E-state index contributed by atoms with van der Waals surface area (Å²) in [5.74, 6) is 0.427. The first-order valence-corrected chi connectivity index (χ1v) is 9.58. The molecule has 0 saturated carbocycles. The molecule has 1 fully saturated rings. The molecule has 3 aliphatic heterocycles. The summed E-state index contributed by atoms with van der Waals surface area (Å²) < 4.78 is 10.8. The molecule has 1 saturated heterocycles. The summed E-state index contributed by atoms with van der Waals surface area (Å²) in [4.78, 5) is 18.4. The average molecular weight is 368 g/mol. The van der Waals surface area contributed by atoms with Gasteiger partial charge in [-0.3, -0.25) is 4.90 Å². The van der Waals surface area contributed by atoms with Crippen LogP contribution in [-0.4, -0.2) is 47.3 Å². The summed E-state index contributed by atoms with van der Waals surface area (Å²) in [5, 5.41) is 11.0. The van der Waals surface area contributed by atoms with E-state index in [1.54, 1.807) is 12.3 Å². The Morgan fingerprint density at radius 3 is 3.07 bits per heavy atom. The summed E-state index contributed by atoms with van der Waals surface area (Å²) >= 11 is 0. The molecule has 0 aliphatic carbocycles. The SMILES string of the molecule is COC(=O)C1=CO[C@@H](C)[C@H]2CN3CCc4c([nH]c5ccc(O)cc45)[C@H]3C[C@H]12. The zero-order valence-electron chi connectivity index (χ0n) is 15.6. The molecule has 5 rings (SSSR count). The van der Waals surface area contributed by atoms with Crippen molar-refractivity contribution < 1.29 is 19.4 Å². The molecule has 1 aromatic heterocycles. The van der Waals surface area contributed by atoms with Crippen molar-refractivity contribution in [2.24, 2.45) is 11.8 Å². The number of fused-ring (bicyclic) bond motifs is 6. The first-order valence-electron chi connectivity index (χ1n) is 9.58. The number of hydrogen-bond donors (Lipinski definition) is 2. The highest BCUT2D eigenvalue weighted by Crippen LogP contribution is 2.47. The number of rotatable bonds is 1. The van der Waals surface area contributed by atoms with E-state index in [-0.39, 0.29) is 30.0 Å². The predicted octanol–water partition coefficient (Wildman–Crippen LogP) is 2.88. The number of carbonyl (C=O) groups is 1. The quantitative estimate of drug-likeness (QED) is 0.757. The number of aromatic nitrogens is 1. The Labute approximate surface area is 157 Å². The minimum atomic E-state index is -0.289. The summed E-state index contributed by atoms with van der Waals surface area (Å²) in [6, 6.07) is 5.75. The van der Waals surface area contributed by atoms with Gasteiger partial charge in [0.2, 0.25) is 0 Å². The van der Waals surface area contributed by atoms with Gasteiger partial charge in [0.1, 0.15) is 5.75 Å². The first-order chi connectivity index (χ1) is 13.1. The number of carbonyl (C=O) groups excluding carboxylic acids is 1. The van der Waals surface area contributed by atoms with Crippen LogP contribution in [0.15, 0.2) is 30.0 Å². The maximum absolute atomic E-state index is 12.3. The number of aromatic amines is 1. The fourth-order valence-electron chi connectivity index (χ4n) is 5.22. The fourth-order valence-corrected chi connectivity index (χ4v) is 5.22. The van der Waals surface area contributed by atoms with E-state index in [1.807, 2.05) is 12.1 Å². The Bertz CT molecular complexity index is 947. The van der Waals surface area contributed by atoms with Crippen LogP contribution in [0.1, 0.15) is 30.6 Å². The third kappa shape index (κ3) is 2.46.